The molecular formula is C11H8F4. The Labute approximate surface area is 84.5 Å². The number of alkyl halides is 3. The zero-order valence-electron chi connectivity index (χ0n) is 7.74. The molecule has 0 saturated heterocycles. The van der Waals surface area contributed by atoms with Gasteiger partial charge in [-0.3, -0.25) is 0 Å². The second-order valence-corrected chi connectivity index (χ2v) is 2.92. The molecule has 0 nitrogen and oxygen atoms in total. The maximum absolute atomic E-state index is 12.7. The lowest BCUT2D eigenvalue weighted by molar-refractivity contribution is -0.137. The average Bonchev–Trinajstić information content (AvgIpc) is 2.15. The molecule has 0 heterocycles. The van der Waals surface area contributed by atoms with Crippen LogP contribution in [0.5, 0.6) is 0 Å². The van der Waals surface area contributed by atoms with Gasteiger partial charge in [-0.1, -0.05) is 25.3 Å². The molecule has 0 fully saturated rings. The van der Waals surface area contributed by atoms with Crippen LogP contribution >= 0.6 is 0 Å². The van der Waals surface area contributed by atoms with Crippen LogP contribution in [0.25, 0.3) is 5.57 Å². The molecule has 0 amide bonds. The summed E-state index contributed by atoms with van der Waals surface area (Å²) in [5, 5.41) is 0. The van der Waals surface area contributed by atoms with Crippen molar-refractivity contribution in [2.75, 3.05) is 0 Å². The Kier molecular flexibility index (Phi) is 2.98. The van der Waals surface area contributed by atoms with E-state index in [1.165, 1.54) is 6.08 Å². The van der Waals surface area contributed by atoms with Crippen molar-refractivity contribution in [1.82, 2.24) is 0 Å². The van der Waals surface area contributed by atoms with Gasteiger partial charge in [0.1, 0.15) is 5.82 Å². The van der Waals surface area contributed by atoms with Gasteiger partial charge in [0, 0.05) is 0 Å². The first-order chi connectivity index (χ1) is 6.86. The van der Waals surface area contributed by atoms with Gasteiger partial charge in [0.25, 0.3) is 0 Å². The van der Waals surface area contributed by atoms with E-state index in [0.717, 1.165) is 12.1 Å². The van der Waals surface area contributed by atoms with Crippen molar-refractivity contribution < 1.29 is 17.6 Å². The van der Waals surface area contributed by atoms with Gasteiger partial charge in [0.15, 0.2) is 0 Å². The Morgan fingerprint density at radius 2 is 1.87 bits per heavy atom. The lowest BCUT2D eigenvalue weighted by Crippen LogP contribution is -2.08. The molecule has 0 saturated carbocycles. The molecule has 15 heavy (non-hydrogen) atoms. The van der Waals surface area contributed by atoms with Crippen LogP contribution in [0.4, 0.5) is 17.6 Å². The number of allylic oxidation sites excluding steroid dienone is 2. The van der Waals surface area contributed by atoms with Crippen molar-refractivity contribution >= 4 is 5.57 Å². The van der Waals surface area contributed by atoms with Gasteiger partial charge < -0.3 is 0 Å². The summed E-state index contributed by atoms with van der Waals surface area (Å²) in [6.07, 6.45) is -3.40. The normalized spacial score (nSPS) is 11.2. The molecule has 1 aromatic rings. The van der Waals surface area contributed by atoms with E-state index in [-0.39, 0.29) is 11.1 Å². The standard InChI is InChI=1S/C11H8F4/c1-3-7(2)9-5-4-8(12)6-10(9)11(13,14)15/h3-6H,1-2H2. The van der Waals surface area contributed by atoms with Crippen LogP contribution in [0.15, 0.2) is 37.4 Å². The predicted molar refractivity (Wildman–Crippen MR) is 50.6 cm³/mol. The van der Waals surface area contributed by atoms with E-state index in [9.17, 15) is 17.6 Å². The smallest absolute Gasteiger partial charge is 0.207 e. The Bertz CT molecular complexity index is 402. The summed E-state index contributed by atoms with van der Waals surface area (Å²) in [5.41, 5.74) is -1.08. The summed E-state index contributed by atoms with van der Waals surface area (Å²) in [5.74, 6) is -0.928. The van der Waals surface area contributed by atoms with Gasteiger partial charge in [-0.25, -0.2) is 4.39 Å². The first kappa shape index (κ1) is 11.5. The quantitative estimate of drug-likeness (QED) is 0.517. The Hall–Kier alpha value is -1.58. The highest BCUT2D eigenvalue weighted by Gasteiger charge is 2.33. The van der Waals surface area contributed by atoms with Gasteiger partial charge in [0.2, 0.25) is 0 Å². The molecule has 0 spiro atoms. The number of rotatable bonds is 2. The summed E-state index contributed by atoms with van der Waals surface area (Å²) < 4.78 is 50.1. The Balaban J connectivity index is 3.39. The fourth-order valence-electron chi connectivity index (χ4n) is 1.14. The lowest BCUT2D eigenvalue weighted by Gasteiger charge is -2.12. The van der Waals surface area contributed by atoms with E-state index in [1.54, 1.807) is 0 Å². The zero-order chi connectivity index (χ0) is 11.6. The molecule has 80 valence electrons. The summed E-state index contributed by atoms with van der Waals surface area (Å²) in [6, 6.07) is 2.45. The molecule has 1 aromatic carbocycles. The Morgan fingerprint density at radius 3 is 2.33 bits per heavy atom. The van der Waals surface area contributed by atoms with Crippen molar-refractivity contribution in [3.63, 3.8) is 0 Å². The third-order valence-electron chi connectivity index (χ3n) is 1.88. The van der Waals surface area contributed by atoms with Crippen molar-refractivity contribution in [3.8, 4) is 0 Å². The lowest BCUT2D eigenvalue weighted by atomic mass is 10.0. The topological polar surface area (TPSA) is 0 Å². The molecule has 4 heteroatoms. The summed E-state index contributed by atoms with van der Waals surface area (Å²) >= 11 is 0. The predicted octanol–water partition coefficient (Wildman–Crippen LogP) is 4.04. The Morgan fingerprint density at radius 1 is 1.27 bits per heavy atom. The van der Waals surface area contributed by atoms with Gasteiger partial charge in [0.05, 0.1) is 5.56 Å². The number of benzene rings is 1. The van der Waals surface area contributed by atoms with Crippen molar-refractivity contribution in [1.29, 1.82) is 0 Å². The van der Waals surface area contributed by atoms with Crippen LogP contribution in [0, 0.1) is 5.82 Å². The summed E-state index contributed by atoms with van der Waals surface area (Å²) in [7, 11) is 0. The van der Waals surface area contributed by atoms with Crippen molar-refractivity contribution in [2.24, 2.45) is 0 Å². The maximum Gasteiger partial charge on any atom is 0.417 e. The maximum atomic E-state index is 12.7. The van der Waals surface area contributed by atoms with Crippen LogP contribution in [0.2, 0.25) is 0 Å². The molecular weight excluding hydrogens is 208 g/mol. The summed E-state index contributed by atoms with van der Waals surface area (Å²) in [4.78, 5) is 0. The molecule has 0 radical (unpaired) electrons. The zero-order valence-corrected chi connectivity index (χ0v) is 7.74. The second-order valence-electron chi connectivity index (χ2n) is 2.92. The first-order valence-electron chi connectivity index (χ1n) is 4.04. The van der Waals surface area contributed by atoms with E-state index in [1.807, 2.05) is 0 Å². The molecule has 0 aliphatic carbocycles. The first-order valence-corrected chi connectivity index (χ1v) is 4.04. The van der Waals surface area contributed by atoms with E-state index in [2.05, 4.69) is 13.2 Å². The fraction of sp³-hybridized carbons (Fsp3) is 0.0909. The molecule has 0 aromatic heterocycles. The second kappa shape index (κ2) is 3.88. The van der Waals surface area contributed by atoms with Gasteiger partial charge in [-0.05, 0) is 23.3 Å². The monoisotopic (exact) mass is 216 g/mol. The minimum Gasteiger partial charge on any atom is -0.207 e. The minimum absolute atomic E-state index is 0.113. The number of hydrogen-bond donors (Lipinski definition) is 0. The van der Waals surface area contributed by atoms with Crippen LogP contribution in [-0.4, -0.2) is 0 Å². The van der Waals surface area contributed by atoms with E-state index >= 15 is 0 Å². The fourth-order valence-corrected chi connectivity index (χ4v) is 1.14. The molecule has 0 N–H and O–H groups in total. The van der Waals surface area contributed by atoms with E-state index in [0.29, 0.717) is 6.07 Å². The molecule has 0 bridgehead atoms. The SMILES string of the molecule is C=CC(=C)c1ccc(F)cc1C(F)(F)F. The van der Waals surface area contributed by atoms with E-state index < -0.39 is 17.6 Å². The molecule has 0 aliphatic heterocycles. The van der Waals surface area contributed by atoms with E-state index in [4.69, 9.17) is 0 Å². The number of halogens is 4. The van der Waals surface area contributed by atoms with Gasteiger partial charge in [-0.2, -0.15) is 13.2 Å². The third kappa shape index (κ3) is 2.46. The average molecular weight is 216 g/mol. The van der Waals surface area contributed by atoms with Crippen molar-refractivity contribution in [2.45, 2.75) is 6.18 Å². The third-order valence-corrected chi connectivity index (χ3v) is 1.88. The number of hydrogen-bond acceptors (Lipinski definition) is 0. The van der Waals surface area contributed by atoms with Gasteiger partial charge >= 0.3 is 6.18 Å². The highest BCUT2D eigenvalue weighted by molar-refractivity contribution is 5.74. The highest BCUT2D eigenvalue weighted by Crippen LogP contribution is 2.35. The molecule has 1 rings (SSSR count). The summed E-state index contributed by atoms with van der Waals surface area (Å²) in [6.45, 7) is 6.73. The largest absolute Gasteiger partial charge is 0.417 e. The highest BCUT2D eigenvalue weighted by atomic mass is 19.4. The molecule has 0 aliphatic rings. The van der Waals surface area contributed by atoms with Crippen LogP contribution in [0.1, 0.15) is 11.1 Å². The van der Waals surface area contributed by atoms with Gasteiger partial charge in [-0.15, -0.1) is 0 Å². The van der Waals surface area contributed by atoms with Crippen LogP contribution in [0.3, 0.4) is 0 Å². The molecule has 0 unspecified atom stereocenters. The molecule has 0 atom stereocenters. The minimum atomic E-state index is -4.59. The van der Waals surface area contributed by atoms with Crippen LogP contribution in [-0.2, 0) is 6.18 Å². The van der Waals surface area contributed by atoms with Crippen LogP contribution < -0.4 is 0 Å². The van der Waals surface area contributed by atoms with Crippen molar-refractivity contribution in [3.05, 3.63) is 54.4 Å².